The molecule has 0 aliphatic carbocycles. The first kappa shape index (κ1) is 21.7. The Balaban J connectivity index is 1.52. The first-order chi connectivity index (χ1) is 15.0. The number of carbonyl (C=O) groups is 1. The number of phenolic OH excluding ortho intramolecular Hbond substituents is 2. The molecule has 31 heavy (non-hydrogen) atoms. The van der Waals surface area contributed by atoms with Crippen LogP contribution in [0.25, 0.3) is 5.70 Å². The van der Waals surface area contributed by atoms with E-state index in [1.54, 1.807) is 30.3 Å². The van der Waals surface area contributed by atoms with E-state index in [-0.39, 0.29) is 24.7 Å². The molecule has 0 bridgehead atoms. The Kier molecular flexibility index (Phi) is 7.13. The molecule has 0 unspecified atom stereocenters. The van der Waals surface area contributed by atoms with Crippen LogP contribution in [0.15, 0.2) is 79.4 Å². The van der Waals surface area contributed by atoms with E-state index >= 15 is 0 Å². The summed E-state index contributed by atoms with van der Waals surface area (Å²) in [4.78, 5) is 12.1. The number of phenols is 2. The molecule has 7 nitrogen and oxygen atoms in total. The lowest BCUT2D eigenvalue weighted by atomic mass is 10.1. The zero-order valence-electron chi connectivity index (χ0n) is 16.8. The van der Waals surface area contributed by atoms with Crippen LogP contribution in [0.1, 0.15) is 22.8 Å². The van der Waals surface area contributed by atoms with Crippen LogP contribution in [0.5, 0.6) is 11.5 Å². The Morgan fingerprint density at radius 2 is 1.65 bits per heavy atom. The molecule has 0 saturated carbocycles. The van der Waals surface area contributed by atoms with E-state index in [2.05, 4.69) is 17.2 Å². The quantitative estimate of drug-likeness (QED) is 0.350. The van der Waals surface area contributed by atoms with Crippen molar-refractivity contribution < 1.29 is 24.9 Å². The summed E-state index contributed by atoms with van der Waals surface area (Å²) in [7, 11) is 0. The molecule has 3 aromatic carbocycles. The van der Waals surface area contributed by atoms with Crippen molar-refractivity contribution >= 4 is 17.5 Å². The molecule has 3 rings (SSSR count). The first-order valence-electron chi connectivity index (χ1n) is 9.64. The van der Waals surface area contributed by atoms with Crippen LogP contribution in [0.2, 0.25) is 0 Å². The van der Waals surface area contributed by atoms with Crippen molar-refractivity contribution in [2.24, 2.45) is 0 Å². The maximum Gasteiger partial charge on any atom is 0.408 e. The molecular formula is C24H24N2O5. The molecule has 5 N–H and O–H groups in total. The summed E-state index contributed by atoms with van der Waals surface area (Å²) in [6.45, 7) is 3.86. The number of anilines is 1. The fourth-order valence-electron chi connectivity index (χ4n) is 2.88. The van der Waals surface area contributed by atoms with Crippen molar-refractivity contribution in [3.8, 4) is 11.5 Å². The van der Waals surface area contributed by atoms with Crippen molar-refractivity contribution in [1.29, 1.82) is 0 Å². The number of aromatic hydroxyl groups is 2. The molecule has 0 radical (unpaired) electrons. The molecule has 0 spiro atoms. The summed E-state index contributed by atoms with van der Waals surface area (Å²) in [5, 5.41) is 34.4. The average molecular weight is 420 g/mol. The van der Waals surface area contributed by atoms with Crippen LogP contribution in [0, 0.1) is 0 Å². The van der Waals surface area contributed by atoms with Crippen molar-refractivity contribution in [1.82, 2.24) is 5.32 Å². The van der Waals surface area contributed by atoms with E-state index < -0.39 is 12.2 Å². The van der Waals surface area contributed by atoms with Gasteiger partial charge in [-0.25, -0.2) is 4.79 Å². The van der Waals surface area contributed by atoms with Crippen LogP contribution >= 0.6 is 0 Å². The number of amides is 1. The van der Waals surface area contributed by atoms with Gasteiger partial charge in [0.1, 0.15) is 11.5 Å². The summed E-state index contributed by atoms with van der Waals surface area (Å²) in [6.07, 6.45) is -1.49. The lowest BCUT2D eigenvalue weighted by Gasteiger charge is -2.16. The first-order valence-corrected chi connectivity index (χ1v) is 9.64. The Hall–Kier alpha value is -3.97. The van der Waals surface area contributed by atoms with Gasteiger partial charge in [-0.1, -0.05) is 55.1 Å². The minimum atomic E-state index is -0.827. The fourth-order valence-corrected chi connectivity index (χ4v) is 2.88. The number of nitrogens with one attached hydrogen (secondary N) is 2. The number of hydrogen-bond acceptors (Lipinski definition) is 6. The van der Waals surface area contributed by atoms with Crippen LogP contribution in [-0.4, -0.2) is 28.0 Å². The van der Waals surface area contributed by atoms with Crippen LogP contribution in [-0.2, 0) is 11.3 Å². The Morgan fingerprint density at radius 3 is 2.29 bits per heavy atom. The summed E-state index contributed by atoms with van der Waals surface area (Å²) in [5.41, 5.74) is 3.45. The van der Waals surface area contributed by atoms with Crippen molar-refractivity contribution in [2.45, 2.75) is 12.6 Å². The van der Waals surface area contributed by atoms with Gasteiger partial charge in [0.05, 0.1) is 12.3 Å². The molecule has 0 fully saturated rings. The SMILES string of the molecule is C=C(Nc1ccccc1O)c1ccc(CNC(=O)O[C@H](CO)c2ccc(O)cc2)cc1. The highest BCUT2D eigenvalue weighted by atomic mass is 16.6. The number of para-hydroxylation sites is 2. The number of hydrogen-bond donors (Lipinski definition) is 5. The lowest BCUT2D eigenvalue weighted by molar-refractivity contribution is 0.0568. The second-order valence-corrected chi connectivity index (χ2v) is 6.84. The van der Waals surface area contributed by atoms with Crippen molar-refractivity contribution in [3.63, 3.8) is 0 Å². The fraction of sp³-hybridized carbons (Fsp3) is 0.125. The molecule has 7 heteroatoms. The summed E-state index contributed by atoms with van der Waals surface area (Å²) >= 11 is 0. The average Bonchev–Trinajstić information content (AvgIpc) is 2.78. The third-order valence-corrected chi connectivity index (χ3v) is 4.61. The molecule has 0 heterocycles. The van der Waals surface area contributed by atoms with Gasteiger partial charge < -0.3 is 30.7 Å². The van der Waals surface area contributed by atoms with Gasteiger partial charge in [-0.2, -0.15) is 0 Å². The van der Waals surface area contributed by atoms with E-state index in [4.69, 9.17) is 4.74 Å². The zero-order valence-corrected chi connectivity index (χ0v) is 16.8. The van der Waals surface area contributed by atoms with Crippen molar-refractivity contribution in [2.75, 3.05) is 11.9 Å². The summed E-state index contributed by atoms with van der Waals surface area (Å²) in [5.74, 6) is 0.225. The lowest BCUT2D eigenvalue weighted by Crippen LogP contribution is -2.26. The molecule has 0 aliphatic heterocycles. The minimum absolute atomic E-state index is 0.0896. The van der Waals surface area contributed by atoms with Crippen molar-refractivity contribution in [3.05, 3.63) is 96.1 Å². The molecule has 0 aromatic heterocycles. The predicted octanol–water partition coefficient (Wildman–Crippen LogP) is 4.14. The number of alkyl carbamates (subject to hydrolysis) is 1. The van der Waals surface area contributed by atoms with E-state index in [1.165, 1.54) is 12.1 Å². The molecule has 0 saturated heterocycles. The number of aliphatic hydroxyl groups excluding tert-OH is 1. The molecule has 1 amide bonds. The monoisotopic (exact) mass is 420 g/mol. The third kappa shape index (κ3) is 6.01. The molecule has 1 atom stereocenters. The van der Waals surface area contributed by atoms with Crippen LogP contribution in [0.4, 0.5) is 10.5 Å². The van der Waals surface area contributed by atoms with Gasteiger partial charge in [0.25, 0.3) is 0 Å². The van der Waals surface area contributed by atoms with Gasteiger partial charge in [0.2, 0.25) is 0 Å². The summed E-state index contributed by atoms with van der Waals surface area (Å²) in [6, 6.07) is 20.4. The highest BCUT2D eigenvalue weighted by molar-refractivity contribution is 5.77. The molecule has 0 aliphatic rings. The number of carbonyl (C=O) groups excluding carboxylic acids is 1. The smallest absolute Gasteiger partial charge is 0.408 e. The predicted molar refractivity (Wildman–Crippen MR) is 118 cm³/mol. The second-order valence-electron chi connectivity index (χ2n) is 6.84. The van der Waals surface area contributed by atoms with Gasteiger partial charge >= 0.3 is 6.09 Å². The second kappa shape index (κ2) is 10.2. The standard InChI is InChI=1S/C24H24N2O5/c1-16(26-21-4-2-3-5-22(21)29)18-8-6-17(7-9-18)14-25-24(30)31-23(15-27)19-10-12-20(28)13-11-19/h2-13,23,26-29H,1,14-15H2,(H,25,30)/t23-/m1/s1. The normalized spacial score (nSPS) is 11.4. The van der Waals surface area contributed by atoms with E-state index in [1.807, 2.05) is 30.3 Å². The van der Waals surface area contributed by atoms with Gasteiger partial charge in [0, 0.05) is 12.2 Å². The zero-order chi connectivity index (χ0) is 22.2. The maximum absolute atomic E-state index is 12.1. The molecule has 160 valence electrons. The number of rotatable bonds is 8. The highest BCUT2D eigenvalue weighted by Crippen LogP contribution is 2.26. The minimum Gasteiger partial charge on any atom is -0.508 e. The van der Waals surface area contributed by atoms with Gasteiger partial charge in [0.15, 0.2) is 6.10 Å². The largest absolute Gasteiger partial charge is 0.508 e. The van der Waals surface area contributed by atoms with E-state index in [0.717, 1.165) is 11.1 Å². The van der Waals surface area contributed by atoms with Gasteiger partial charge in [-0.15, -0.1) is 0 Å². The van der Waals surface area contributed by atoms with Crippen LogP contribution in [0.3, 0.4) is 0 Å². The Bertz CT molecular complexity index is 1030. The van der Waals surface area contributed by atoms with E-state index in [9.17, 15) is 20.1 Å². The van der Waals surface area contributed by atoms with E-state index in [0.29, 0.717) is 16.9 Å². The van der Waals surface area contributed by atoms with Crippen LogP contribution < -0.4 is 10.6 Å². The Labute approximate surface area is 180 Å². The third-order valence-electron chi connectivity index (χ3n) is 4.61. The highest BCUT2D eigenvalue weighted by Gasteiger charge is 2.15. The maximum atomic E-state index is 12.1. The Morgan fingerprint density at radius 1 is 0.968 bits per heavy atom. The van der Waals surface area contributed by atoms with Gasteiger partial charge in [-0.3, -0.25) is 0 Å². The number of benzene rings is 3. The molecular weight excluding hydrogens is 396 g/mol. The number of ether oxygens (including phenoxy) is 1. The van der Waals surface area contributed by atoms with Gasteiger partial charge in [-0.05, 0) is 41.0 Å². The number of aliphatic hydroxyl groups is 1. The molecule has 3 aromatic rings. The summed E-state index contributed by atoms with van der Waals surface area (Å²) < 4.78 is 5.26. The topological polar surface area (TPSA) is 111 Å².